The molecule has 1 aliphatic carbocycles. The van der Waals surface area contributed by atoms with Gasteiger partial charge in [0.1, 0.15) is 5.82 Å². The molecule has 3 N–H and O–H groups in total. The molecule has 3 aliphatic rings. The van der Waals surface area contributed by atoms with Crippen molar-refractivity contribution < 1.29 is 0 Å². The highest BCUT2D eigenvalue weighted by Crippen LogP contribution is 2.36. The van der Waals surface area contributed by atoms with Crippen molar-refractivity contribution in [2.75, 3.05) is 30.3 Å². The average Bonchev–Trinajstić information content (AvgIpc) is 3.22. The van der Waals surface area contributed by atoms with E-state index in [-0.39, 0.29) is 0 Å². The van der Waals surface area contributed by atoms with Crippen molar-refractivity contribution in [1.82, 2.24) is 15.3 Å². The predicted molar refractivity (Wildman–Crippen MR) is 84.5 cm³/mol. The molecule has 1 atom stereocenters. The minimum absolute atomic E-state index is 0.327. The molecule has 3 heterocycles. The van der Waals surface area contributed by atoms with Crippen LogP contribution in [0.2, 0.25) is 0 Å². The molecule has 1 unspecified atom stereocenters. The SMILES string of the molecule is Nc1nc(C2CCCC2)cc(N2CCC3(CCCN3)C2)n1. The molecule has 1 aromatic heterocycles. The molecule has 1 spiro atoms. The molecule has 0 aromatic carbocycles. The van der Waals surface area contributed by atoms with Gasteiger partial charge >= 0.3 is 0 Å². The van der Waals surface area contributed by atoms with Gasteiger partial charge in [-0.15, -0.1) is 0 Å². The summed E-state index contributed by atoms with van der Waals surface area (Å²) >= 11 is 0. The molecule has 114 valence electrons. The van der Waals surface area contributed by atoms with E-state index in [2.05, 4.69) is 26.3 Å². The second-order valence-electron chi connectivity index (χ2n) is 6.97. The first-order valence-electron chi connectivity index (χ1n) is 8.39. The van der Waals surface area contributed by atoms with Crippen LogP contribution in [0.1, 0.15) is 56.6 Å². The standard InChI is InChI=1S/C16H25N5/c17-15-19-13(12-4-1-2-5-12)10-14(20-15)21-9-7-16(11-21)6-3-8-18-16/h10,12,18H,1-9,11H2,(H2,17,19,20). The van der Waals surface area contributed by atoms with Gasteiger partial charge in [-0.2, -0.15) is 4.98 Å². The van der Waals surface area contributed by atoms with Gasteiger partial charge in [-0.05, 0) is 38.6 Å². The van der Waals surface area contributed by atoms with Crippen LogP contribution >= 0.6 is 0 Å². The van der Waals surface area contributed by atoms with E-state index in [1.54, 1.807) is 0 Å². The molecule has 4 rings (SSSR count). The first-order valence-corrected chi connectivity index (χ1v) is 8.39. The Balaban J connectivity index is 1.57. The smallest absolute Gasteiger partial charge is 0.222 e. The Morgan fingerprint density at radius 3 is 2.81 bits per heavy atom. The fraction of sp³-hybridized carbons (Fsp3) is 0.750. The Morgan fingerprint density at radius 1 is 1.19 bits per heavy atom. The highest BCUT2D eigenvalue weighted by atomic mass is 15.3. The second kappa shape index (κ2) is 5.13. The van der Waals surface area contributed by atoms with Gasteiger partial charge < -0.3 is 16.0 Å². The normalized spacial score (nSPS) is 29.8. The number of rotatable bonds is 2. The van der Waals surface area contributed by atoms with Gasteiger partial charge in [0.15, 0.2) is 0 Å². The van der Waals surface area contributed by atoms with E-state index >= 15 is 0 Å². The minimum atomic E-state index is 0.327. The number of hydrogen-bond acceptors (Lipinski definition) is 5. The largest absolute Gasteiger partial charge is 0.368 e. The van der Waals surface area contributed by atoms with E-state index in [9.17, 15) is 0 Å². The van der Waals surface area contributed by atoms with Crippen LogP contribution in [0.4, 0.5) is 11.8 Å². The monoisotopic (exact) mass is 287 g/mol. The van der Waals surface area contributed by atoms with Gasteiger partial charge in [0.2, 0.25) is 5.95 Å². The summed E-state index contributed by atoms with van der Waals surface area (Å²) in [6, 6.07) is 2.19. The first kappa shape index (κ1) is 13.3. The van der Waals surface area contributed by atoms with Crippen LogP contribution in [-0.4, -0.2) is 35.1 Å². The summed E-state index contributed by atoms with van der Waals surface area (Å²) in [5, 5.41) is 3.70. The molecule has 0 radical (unpaired) electrons. The van der Waals surface area contributed by atoms with Crippen LogP contribution < -0.4 is 16.0 Å². The number of nitrogens with one attached hydrogen (secondary N) is 1. The van der Waals surface area contributed by atoms with Gasteiger partial charge in [0.25, 0.3) is 0 Å². The van der Waals surface area contributed by atoms with Crippen molar-refractivity contribution in [2.24, 2.45) is 0 Å². The predicted octanol–water partition coefficient (Wildman–Crippen LogP) is 2.05. The Morgan fingerprint density at radius 2 is 2.05 bits per heavy atom. The van der Waals surface area contributed by atoms with Crippen molar-refractivity contribution in [3.05, 3.63) is 11.8 Å². The summed E-state index contributed by atoms with van der Waals surface area (Å²) in [6.45, 7) is 3.30. The van der Waals surface area contributed by atoms with Crippen LogP contribution in [0.15, 0.2) is 6.07 Å². The Hall–Kier alpha value is -1.36. The Kier molecular flexibility index (Phi) is 3.25. The molecule has 2 aliphatic heterocycles. The van der Waals surface area contributed by atoms with E-state index in [0.29, 0.717) is 17.4 Å². The highest BCUT2D eigenvalue weighted by molar-refractivity contribution is 5.46. The summed E-state index contributed by atoms with van der Waals surface area (Å²) in [5.74, 6) is 2.07. The maximum Gasteiger partial charge on any atom is 0.222 e. The zero-order valence-electron chi connectivity index (χ0n) is 12.6. The highest BCUT2D eigenvalue weighted by Gasteiger charge is 2.40. The van der Waals surface area contributed by atoms with Crippen molar-refractivity contribution in [3.8, 4) is 0 Å². The number of nitrogens with zero attached hydrogens (tertiary/aromatic N) is 3. The third kappa shape index (κ3) is 2.48. The molecule has 5 nitrogen and oxygen atoms in total. The molecule has 1 saturated carbocycles. The molecule has 5 heteroatoms. The van der Waals surface area contributed by atoms with Crippen LogP contribution in [0.5, 0.6) is 0 Å². The fourth-order valence-electron chi connectivity index (χ4n) is 4.35. The molecule has 1 aromatic rings. The summed E-state index contributed by atoms with van der Waals surface area (Å²) in [7, 11) is 0. The minimum Gasteiger partial charge on any atom is -0.368 e. The third-order valence-corrected chi connectivity index (χ3v) is 5.53. The lowest BCUT2D eigenvalue weighted by atomic mass is 9.97. The maximum absolute atomic E-state index is 5.98. The molecule has 2 saturated heterocycles. The lowest BCUT2D eigenvalue weighted by Crippen LogP contribution is -2.42. The topological polar surface area (TPSA) is 67.1 Å². The van der Waals surface area contributed by atoms with Crippen molar-refractivity contribution in [1.29, 1.82) is 0 Å². The Bertz CT molecular complexity index is 517. The zero-order chi connectivity index (χ0) is 14.3. The fourth-order valence-corrected chi connectivity index (χ4v) is 4.35. The number of anilines is 2. The molecule has 21 heavy (non-hydrogen) atoms. The van der Waals surface area contributed by atoms with Gasteiger partial charge in [-0.25, -0.2) is 4.98 Å². The number of nitrogens with two attached hydrogens (primary N) is 1. The van der Waals surface area contributed by atoms with E-state index in [4.69, 9.17) is 5.73 Å². The van der Waals surface area contributed by atoms with Crippen LogP contribution in [0.25, 0.3) is 0 Å². The maximum atomic E-state index is 5.98. The third-order valence-electron chi connectivity index (χ3n) is 5.53. The van der Waals surface area contributed by atoms with Gasteiger partial charge in [0, 0.05) is 30.6 Å². The van der Waals surface area contributed by atoms with Gasteiger partial charge in [-0.1, -0.05) is 12.8 Å². The lowest BCUT2D eigenvalue weighted by Gasteiger charge is -2.25. The quantitative estimate of drug-likeness (QED) is 0.871. The van der Waals surface area contributed by atoms with E-state index in [1.165, 1.54) is 44.9 Å². The molecule has 3 fully saturated rings. The number of aromatic nitrogens is 2. The average molecular weight is 287 g/mol. The summed E-state index contributed by atoms with van der Waals surface area (Å²) < 4.78 is 0. The molecular weight excluding hydrogens is 262 g/mol. The second-order valence-corrected chi connectivity index (χ2v) is 6.97. The van der Waals surface area contributed by atoms with Gasteiger partial charge in [-0.3, -0.25) is 0 Å². The number of nitrogen functional groups attached to an aromatic ring is 1. The first-order chi connectivity index (χ1) is 10.2. The van der Waals surface area contributed by atoms with Crippen molar-refractivity contribution >= 4 is 11.8 Å². The van der Waals surface area contributed by atoms with Crippen LogP contribution in [-0.2, 0) is 0 Å². The molecule has 0 bridgehead atoms. The zero-order valence-corrected chi connectivity index (χ0v) is 12.6. The van der Waals surface area contributed by atoms with Gasteiger partial charge in [0.05, 0.1) is 5.69 Å². The van der Waals surface area contributed by atoms with Crippen molar-refractivity contribution in [2.45, 2.75) is 56.4 Å². The molecular formula is C16H25N5. The van der Waals surface area contributed by atoms with E-state index in [1.807, 2.05) is 0 Å². The summed E-state index contributed by atoms with van der Waals surface area (Å²) in [4.78, 5) is 11.4. The lowest BCUT2D eigenvalue weighted by molar-refractivity contribution is 0.418. The van der Waals surface area contributed by atoms with Crippen LogP contribution in [0.3, 0.4) is 0 Å². The number of hydrogen-bond donors (Lipinski definition) is 2. The van der Waals surface area contributed by atoms with E-state index < -0.39 is 0 Å². The Labute approximate surface area is 126 Å². The summed E-state index contributed by atoms with van der Waals surface area (Å²) in [5.41, 5.74) is 7.46. The van der Waals surface area contributed by atoms with Crippen molar-refractivity contribution in [3.63, 3.8) is 0 Å². The van der Waals surface area contributed by atoms with E-state index in [0.717, 1.165) is 31.1 Å². The van der Waals surface area contributed by atoms with Crippen LogP contribution in [0, 0.1) is 0 Å². The summed E-state index contributed by atoms with van der Waals surface area (Å²) in [6.07, 6.45) is 8.95. The molecule has 0 amide bonds.